The Hall–Kier alpha value is -6.70. The van der Waals surface area contributed by atoms with Crippen LogP contribution < -0.4 is 4.74 Å². The fourth-order valence-corrected chi connectivity index (χ4v) is 10.7. The number of aromatic nitrogens is 3. The van der Waals surface area contributed by atoms with Gasteiger partial charge in [-0.1, -0.05) is 146 Å². The van der Waals surface area contributed by atoms with E-state index in [1.807, 2.05) is 170 Å². The number of benzene rings is 9. The molecular formula is C58H41N3O3S3Zn2. The summed E-state index contributed by atoms with van der Waals surface area (Å²) in [5.41, 5.74) is 12.1. The molecular weight excluding hydrogens is 1010 g/mol. The van der Waals surface area contributed by atoms with E-state index in [9.17, 15) is 10.2 Å². The number of thiazole rings is 3. The van der Waals surface area contributed by atoms with Gasteiger partial charge in [0.1, 0.15) is 32.3 Å². The summed E-state index contributed by atoms with van der Waals surface area (Å²) in [5, 5.41) is 23.5. The van der Waals surface area contributed by atoms with Gasteiger partial charge >= 0.3 is 0 Å². The Balaban J connectivity index is 0.000000138. The van der Waals surface area contributed by atoms with E-state index >= 15 is 0 Å². The summed E-state index contributed by atoms with van der Waals surface area (Å²) in [4.78, 5) is 13.9. The summed E-state index contributed by atoms with van der Waals surface area (Å²) in [6, 6.07) is 72.5. The molecule has 12 aromatic rings. The maximum Gasteiger partial charge on any atom is 0.129 e. The quantitative estimate of drug-likeness (QED) is 0.155. The van der Waals surface area contributed by atoms with Crippen LogP contribution in [0.25, 0.3) is 95.7 Å². The van der Waals surface area contributed by atoms with Crippen LogP contribution in [0.3, 0.4) is 0 Å². The third-order valence-electron chi connectivity index (χ3n) is 11.1. The van der Waals surface area contributed by atoms with Gasteiger partial charge in [-0.2, -0.15) is 0 Å². The van der Waals surface area contributed by atoms with Gasteiger partial charge in [-0.25, -0.2) is 15.0 Å². The number of phenolic OH excluding ortho intramolecular Hbond substituents is 2. The molecule has 0 bridgehead atoms. The molecule has 3 heterocycles. The molecule has 0 aliphatic heterocycles. The predicted octanol–water partition coefficient (Wildman–Crippen LogP) is 16.3. The molecule has 6 nitrogen and oxygen atoms in total. The number of hydrogen-bond acceptors (Lipinski definition) is 9. The number of fused-ring (bicyclic) bond motifs is 3. The van der Waals surface area contributed by atoms with Crippen LogP contribution in [-0.4, -0.2) is 32.3 Å². The Labute approximate surface area is 437 Å². The molecule has 11 heteroatoms. The first kappa shape index (κ1) is 48.7. The Kier molecular flexibility index (Phi) is 16.0. The molecule has 0 unspecified atom stereocenters. The fourth-order valence-electron chi connectivity index (χ4n) is 7.69. The number of phenols is 2. The molecule has 0 spiro atoms. The second-order valence-corrected chi connectivity index (χ2v) is 18.5. The number of hydrogen-bond donors (Lipinski definition) is 2. The van der Waals surface area contributed by atoms with Gasteiger partial charge in [0.15, 0.2) is 0 Å². The minimum Gasteiger partial charge on any atom is -0.507 e. The van der Waals surface area contributed by atoms with E-state index in [1.54, 1.807) is 53.3 Å². The topological polar surface area (TPSA) is 88.4 Å². The molecule has 12 rings (SSSR count). The first-order valence-corrected chi connectivity index (χ1v) is 24.0. The van der Waals surface area contributed by atoms with E-state index in [-0.39, 0.29) is 50.5 Å². The van der Waals surface area contributed by atoms with Crippen molar-refractivity contribution in [2.75, 3.05) is 7.11 Å². The average molecular weight is 1050 g/mol. The second-order valence-electron chi connectivity index (χ2n) is 15.4. The van der Waals surface area contributed by atoms with Gasteiger partial charge in [-0.3, -0.25) is 0 Å². The molecule has 2 N–H and O–H groups in total. The Morgan fingerprint density at radius 2 is 0.638 bits per heavy atom. The van der Waals surface area contributed by atoms with E-state index < -0.39 is 0 Å². The molecule has 9 aromatic carbocycles. The van der Waals surface area contributed by atoms with Crippen LogP contribution in [0.4, 0.5) is 0 Å². The van der Waals surface area contributed by atoms with Crippen molar-refractivity contribution < 1.29 is 53.9 Å². The van der Waals surface area contributed by atoms with Gasteiger partial charge in [0.25, 0.3) is 0 Å². The predicted molar refractivity (Wildman–Crippen MR) is 281 cm³/mol. The SMILES string of the molecule is COc1cc(-c2ccccc2)ccc1-c1nc2ccccc2s1.Oc1cc(-c2ccccc2)ccc1-c1nc2ccccc2s1.Oc1cc(-c2ccccc2)ccc1-c1nc2ccccc2s1.[Zn].[Zn]. The number of para-hydroxylation sites is 3. The van der Waals surface area contributed by atoms with Crippen molar-refractivity contribution in [3.8, 4) is 82.3 Å². The van der Waals surface area contributed by atoms with Crippen molar-refractivity contribution in [2.24, 2.45) is 0 Å². The van der Waals surface area contributed by atoms with Crippen molar-refractivity contribution in [3.05, 3.63) is 218 Å². The summed E-state index contributed by atoms with van der Waals surface area (Å²) < 4.78 is 9.07. The van der Waals surface area contributed by atoms with Crippen LogP contribution >= 0.6 is 34.0 Å². The molecule has 0 amide bonds. The maximum absolute atomic E-state index is 10.4. The van der Waals surface area contributed by atoms with Gasteiger partial charge in [-0.05, 0) is 106 Å². The zero-order chi connectivity index (χ0) is 45.5. The molecule has 0 saturated heterocycles. The van der Waals surface area contributed by atoms with Crippen molar-refractivity contribution in [3.63, 3.8) is 0 Å². The van der Waals surface area contributed by atoms with Crippen molar-refractivity contribution in [2.45, 2.75) is 0 Å². The second kappa shape index (κ2) is 22.6. The third kappa shape index (κ3) is 11.1. The van der Waals surface area contributed by atoms with Gasteiger partial charge < -0.3 is 14.9 Å². The summed E-state index contributed by atoms with van der Waals surface area (Å²) >= 11 is 4.88. The largest absolute Gasteiger partial charge is 0.507 e. The van der Waals surface area contributed by atoms with Crippen molar-refractivity contribution >= 4 is 64.7 Å². The van der Waals surface area contributed by atoms with Gasteiger partial charge in [0, 0.05) is 39.0 Å². The van der Waals surface area contributed by atoms with Gasteiger partial charge in [0.05, 0.1) is 54.5 Å². The maximum atomic E-state index is 10.4. The van der Waals surface area contributed by atoms with E-state index in [0.29, 0.717) is 0 Å². The zero-order valence-corrected chi connectivity index (χ0v) is 46.0. The van der Waals surface area contributed by atoms with Crippen molar-refractivity contribution in [1.29, 1.82) is 0 Å². The summed E-state index contributed by atoms with van der Waals surface area (Å²) in [6.45, 7) is 0. The molecule has 0 fully saturated rings. The number of ether oxygens (including phenoxy) is 1. The molecule has 0 saturated carbocycles. The zero-order valence-electron chi connectivity index (χ0n) is 37.6. The van der Waals surface area contributed by atoms with Crippen molar-refractivity contribution in [1.82, 2.24) is 15.0 Å². The number of methoxy groups -OCH3 is 1. The number of rotatable bonds is 7. The van der Waals surface area contributed by atoms with Crippen LogP contribution in [0.15, 0.2) is 218 Å². The number of aromatic hydroxyl groups is 2. The molecule has 69 heavy (non-hydrogen) atoms. The van der Waals surface area contributed by atoms with Crippen LogP contribution in [0.2, 0.25) is 0 Å². The van der Waals surface area contributed by atoms with Gasteiger partial charge in [0.2, 0.25) is 0 Å². The normalized spacial score (nSPS) is 10.6. The molecule has 0 radical (unpaired) electrons. The van der Waals surface area contributed by atoms with Crippen LogP contribution in [0.5, 0.6) is 17.2 Å². The van der Waals surface area contributed by atoms with Crippen LogP contribution in [0, 0.1) is 0 Å². The minimum absolute atomic E-state index is 0. The Morgan fingerprint density at radius 3 is 0.971 bits per heavy atom. The van der Waals surface area contributed by atoms with E-state index in [0.717, 1.165) is 91.2 Å². The van der Waals surface area contributed by atoms with E-state index in [2.05, 4.69) is 46.4 Å². The van der Waals surface area contributed by atoms with E-state index in [4.69, 9.17) is 9.72 Å². The summed E-state index contributed by atoms with van der Waals surface area (Å²) in [6.07, 6.45) is 0. The fraction of sp³-hybridized carbons (Fsp3) is 0.0172. The third-order valence-corrected chi connectivity index (χ3v) is 14.3. The first-order valence-electron chi connectivity index (χ1n) is 21.6. The minimum atomic E-state index is 0. The Morgan fingerprint density at radius 1 is 0.333 bits per heavy atom. The molecule has 3 aromatic heterocycles. The molecule has 0 aliphatic rings. The summed E-state index contributed by atoms with van der Waals surface area (Å²) in [7, 11) is 1.71. The summed E-state index contributed by atoms with van der Waals surface area (Å²) in [5.74, 6) is 1.38. The molecule has 0 atom stereocenters. The van der Waals surface area contributed by atoms with Crippen LogP contribution in [-0.2, 0) is 39.0 Å². The Bertz CT molecular complexity index is 3360. The van der Waals surface area contributed by atoms with E-state index in [1.165, 1.54) is 10.3 Å². The number of nitrogens with zero attached hydrogens (tertiary/aromatic N) is 3. The first-order chi connectivity index (χ1) is 33.0. The average Bonchev–Trinajstić information content (AvgIpc) is 4.15. The molecule has 0 aliphatic carbocycles. The standard InChI is InChI=1S/C20H15NOS.2C19H13NOS.2Zn/c1-22-18-13-15(14-7-3-2-4-8-14)11-12-16(18)20-21-17-9-5-6-10-19(17)23-20;2*21-17-12-14(13-6-2-1-3-7-13)10-11-15(17)19-20-16-8-4-5-9-18(16)22-19;;/h2-13H,1H3;2*1-12,21H;;. The van der Waals surface area contributed by atoms with Crippen LogP contribution in [0.1, 0.15) is 0 Å². The smallest absolute Gasteiger partial charge is 0.129 e. The molecule has 328 valence electrons. The monoisotopic (exact) mass is 1050 g/mol. The van der Waals surface area contributed by atoms with Gasteiger partial charge in [-0.15, -0.1) is 34.0 Å².